The molecule has 5 atom stereocenters. The molecule has 1 N–H and O–H groups in total. The Morgan fingerprint density at radius 2 is 2.12 bits per heavy atom. The first-order chi connectivity index (χ1) is 11.8. The molecular formula is C20H28O5. The summed E-state index contributed by atoms with van der Waals surface area (Å²) >= 11 is 0. The van der Waals surface area contributed by atoms with Gasteiger partial charge in [0.15, 0.2) is 0 Å². The van der Waals surface area contributed by atoms with Gasteiger partial charge in [-0.05, 0) is 62.4 Å². The molecule has 1 heterocycles. The second-order valence-electron chi connectivity index (χ2n) is 8.03. The summed E-state index contributed by atoms with van der Waals surface area (Å²) in [5, 5.41) is 9.24. The Morgan fingerprint density at radius 3 is 2.76 bits per heavy atom. The number of carbonyl (C=O) groups excluding carboxylic acids is 2. The average molecular weight is 348 g/mol. The molecular weight excluding hydrogens is 320 g/mol. The molecule has 0 spiro atoms. The van der Waals surface area contributed by atoms with Crippen LogP contribution in [0.25, 0.3) is 0 Å². The molecule has 2 saturated carbocycles. The van der Waals surface area contributed by atoms with Gasteiger partial charge in [-0.2, -0.15) is 0 Å². The Hall–Kier alpha value is -1.62. The van der Waals surface area contributed by atoms with Crippen molar-refractivity contribution in [3.8, 4) is 0 Å². The highest BCUT2D eigenvalue weighted by molar-refractivity contribution is 5.91. The third-order valence-electron chi connectivity index (χ3n) is 6.77. The molecule has 1 aliphatic heterocycles. The maximum absolute atomic E-state index is 12.2. The van der Waals surface area contributed by atoms with Crippen molar-refractivity contribution in [2.24, 2.45) is 17.3 Å². The van der Waals surface area contributed by atoms with Crippen LogP contribution in [0.15, 0.2) is 22.8 Å². The lowest BCUT2D eigenvalue weighted by Gasteiger charge is -2.52. The molecule has 5 nitrogen and oxygen atoms in total. The number of aliphatic hydroxyl groups excluding tert-OH is 1. The number of hydrogen-bond donors (Lipinski definition) is 1. The van der Waals surface area contributed by atoms with Crippen molar-refractivity contribution in [2.45, 2.75) is 65.6 Å². The molecule has 2 aliphatic carbocycles. The fourth-order valence-corrected chi connectivity index (χ4v) is 4.80. The lowest BCUT2D eigenvalue weighted by atomic mass is 9.54. The van der Waals surface area contributed by atoms with Crippen LogP contribution in [0.3, 0.4) is 0 Å². The van der Waals surface area contributed by atoms with Gasteiger partial charge in [-0.25, -0.2) is 9.59 Å². The monoisotopic (exact) mass is 348 g/mol. The van der Waals surface area contributed by atoms with Crippen LogP contribution in [-0.4, -0.2) is 35.9 Å². The molecule has 0 saturated heterocycles. The van der Waals surface area contributed by atoms with E-state index >= 15 is 0 Å². The first-order valence-corrected chi connectivity index (χ1v) is 9.17. The molecule has 0 aromatic heterocycles. The van der Waals surface area contributed by atoms with Crippen LogP contribution in [0.1, 0.15) is 53.4 Å². The summed E-state index contributed by atoms with van der Waals surface area (Å²) in [5.41, 5.74) is 2.36. The fraction of sp³-hybridized carbons (Fsp3) is 0.700. The van der Waals surface area contributed by atoms with Gasteiger partial charge in [0, 0.05) is 5.57 Å². The number of esters is 2. The predicted molar refractivity (Wildman–Crippen MR) is 92.5 cm³/mol. The Bertz CT molecular complexity index is 646. The Kier molecular flexibility index (Phi) is 4.80. The van der Waals surface area contributed by atoms with Gasteiger partial charge in [-0.15, -0.1) is 0 Å². The highest BCUT2D eigenvalue weighted by Gasteiger charge is 2.53. The van der Waals surface area contributed by atoms with Gasteiger partial charge in [0.05, 0.1) is 12.2 Å². The topological polar surface area (TPSA) is 72.8 Å². The van der Waals surface area contributed by atoms with Gasteiger partial charge in [-0.1, -0.05) is 19.9 Å². The minimum atomic E-state index is -0.426. The van der Waals surface area contributed by atoms with Crippen molar-refractivity contribution in [3.63, 3.8) is 0 Å². The lowest BCUT2D eigenvalue weighted by Crippen LogP contribution is -2.48. The molecule has 0 aromatic carbocycles. The molecule has 0 amide bonds. The predicted octanol–water partition coefficient (Wildman–Crippen LogP) is 2.92. The zero-order valence-corrected chi connectivity index (χ0v) is 15.5. The number of allylic oxidation sites excluding steroid dienone is 1. The van der Waals surface area contributed by atoms with Crippen molar-refractivity contribution < 1.29 is 24.2 Å². The first kappa shape index (κ1) is 18.2. The average Bonchev–Trinajstić information content (AvgIpc) is 2.82. The highest BCUT2D eigenvalue weighted by Crippen LogP contribution is 2.57. The molecule has 3 rings (SSSR count). The largest absolute Gasteiger partial charge is 0.459 e. The van der Waals surface area contributed by atoms with Crippen molar-refractivity contribution in [1.82, 2.24) is 0 Å². The Labute approximate surface area is 149 Å². The number of carbonyl (C=O) groups is 2. The van der Waals surface area contributed by atoms with E-state index in [1.165, 1.54) is 5.57 Å². The van der Waals surface area contributed by atoms with E-state index in [9.17, 15) is 14.7 Å². The van der Waals surface area contributed by atoms with Gasteiger partial charge in [-0.3, -0.25) is 0 Å². The summed E-state index contributed by atoms with van der Waals surface area (Å²) in [5.74, 6) is 0.123. The zero-order chi connectivity index (χ0) is 18.4. The summed E-state index contributed by atoms with van der Waals surface area (Å²) in [6, 6.07) is 0. The van der Waals surface area contributed by atoms with Crippen molar-refractivity contribution in [3.05, 3.63) is 22.8 Å². The van der Waals surface area contributed by atoms with Crippen LogP contribution in [-0.2, 0) is 19.1 Å². The summed E-state index contributed by atoms with van der Waals surface area (Å²) in [6.45, 7) is 7.80. The van der Waals surface area contributed by atoms with E-state index < -0.39 is 5.97 Å². The molecule has 5 heteroatoms. The molecule has 3 aliphatic rings. The third kappa shape index (κ3) is 3.03. The maximum Gasteiger partial charge on any atom is 0.336 e. The minimum absolute atomic E-state index is 0.101. The first-order valence-electron chi connectivity index (χ1n) is 9.17. The van der Waals surface area contributed by atoms with Gasteiger partial charge in [0.1, 0.15) is 12.2 Å². The van der Waals surface area contributed by atoms with Crippen molar-refractivity contribution in [1.29, 1.82) is 0 Å². The second kappa shape index (κ2) is 6.60. The molecule has 0 radical (unpaired) electrons. The van der Waals surface area contributed by atoms with Gasteiger partial charge in [0.2, 0.25) is 0 Å². The van der Waals surface area contributed by atoms with E-state index in [1.807, 2.05) is 6.92 Å². The van der Waals surface area contributed by atoms with Gasteiger partial charge >= 0.3 is 11.9 Å². The van der Waals surface area contributed by atoms with Gasteiger partial charge in [0.25, 0.3) is 0 Å². The number of fused-ring (bicyclic) bond motifs is 2. The van der Waals surface area contributed by atoms with Crippen LogP contribution in [0.2, 0.25) is 0 Å². The van der Waals surface area contributed by atoms with Crippen LogP contribution in [0, 0.1) is 17.3 Å². The minimum Gasteiger partial charge on any atom is -0.459 e. The van der Waals surface area contributed by atoms with E-state index in [1.54, 1.807) is 13.0 Å². The maximum atomic E-state index is 12.2. The molecule has 138 valence electrons. The number of hydrogen-bond acceptors (Lipinski definition) is 5. The normalized spacial score (nSPS) is 38.1. The molecule has 0 bridgehead atoms. The zero-order valence-electron chi connectivity index (χ0n) is 15.5. The lowest BCUT2D eigenvalue weighted by molar-refractivity contribution is -0.154. The smallest absolute Gasteiger partial charge is 0.336 e. The molecule has 2 fully saturated rings. The van der Waals surface area contributed by atoms with E-state index in [-0.39, 0.29) is 30.2 Å². The van der Waals surface area contributed by atoms with E-state index in [0.717, 1.165) is 31.3 Å². The molecule has 0 aromatic rings. The Morgan fingerprint density at radius 1 is 1.40 bits per heavy atom. The van der Waals surface area contributed by atoms with E-state index in [0.29, 0.717) is 17.4 Å². The summed E-state index contributed by atoms with van der Waals surface area (Å²) in [6.07, 6.45) is 4.64. The van der Waals surface area contributed by atoms with Crippen molar-refractivity contribution in [2.75, 3.05) is 6.61 Å². The van der Waals surface area contributed by atoms with E-state index in [2.05, 4.69) is 13.8 Å². The van der Waals surface area contributed by atoms with Gasteiger partial charge < -0.3 is 14.6 Å². The number of ether oxygens (including phenoxy) is 2. The second-order valence-corrected chi connectivity index (χ2v) is 8.03. The molecule has 25 heavy (non-hydrogen) atoms. The number of aliphatic hydroxyl groups is 1. The van der Waals surface area contributed by atoms with Crippen LogP contribution in [0.5, 0.6) is 0 Å². The third-order valence-corrected chi connectivity index (χ3v) is 6.77. The summed E-state index contributed by atoms with van der Waals surface area (Å²) in [7, 11) is 0. The standard InChI is InChI=1S/C20H28O5/c1-5-13(10-21)19(23)24-15-6-11(2)20(4)9-16-12(3)18(22)25-17(16)8-14(20)7-15/h5,11,14-15,17,21H,6-10H2,1-4H3/b13-5-/t11-,14+,15+,17-,20+/m0/s1. The molecule has 0 unspecified atom stereocenters. The quantitative estimate of drug-likeness (QED) is 0.627. The SMILES string of the molecule is C/C=C(/CO)C(=O)O[C@H]1C[C@@H]2C[C@@H]3OC(=O)C(C)=C3C[C@]2(C)[C@@H](C)C1. The van der Waals surface area contributed by atoms with Crippen LogP contribution >= 0.6 is 0 Å². The van der Waals surface area contributed by atoms with Crippen LogP contribution in [0.4, 0.5) is 0 Å². The fourth-order valence-electron chi connectivity index (χ4n) is 4.80. The number of rotatable bonds is 3. The van der Waals surface area contributed by atoms with Crippen LogP contribution < -0.4 is 0 Å². The van der Waals surface area contributed by atoms with Crippen molar-refractivity contribution >= 4 is 11.9 Å². The summed E-state index contributed by atoms with van der Waals surface area (Å²) in [4.78, 5) is 24.1. The Balaban J connectivity index is 1.75. The summed E-state index contributed by atoms with van der Waals surface area (Å²) < 4.78 is 11.2. The van der Waals surface area contributed by atoms with E-state index in [4.69, 9.17) is 9.47 Å². The highest BCUT2D eigenvalue weighted by atomic mass is 16.6.